The maximum absolute atomic E-state index is 13.2. The van der Waals surface area contributed by atoms with E-state index in [4.69, 9.17) is 4.74 Å². The van der Waals surface area contributed by atoms with E-state index in [1.54, 1.807) is 0 Å². The second kappa shape index (κ2) is 10.6. The molecule has 1 unspecified atom stereocenters. The zero-order chi connectivity index (χ0) is 18.9. The highest BCUT2D eigenvalue weighted by atomic mass is 19.2. The Morgan fingerprint density at radius 1 is 1.19 bits per heavy atom. The van der Waals surface area contributed by atoms with Gasteiger partial charge in [0.05, 0.1) is 13.2 Å². The highest BCUT2D eigenvalue weighted by Gasteiger charge is 2.27. The standard InChI is InChI=1S/C20H30F2N2O2/c1-3-16(4-2)19(24-9-11-26-12-10-24)14-23-20(25)8-6-15-5-7-17(21)18(22)13-15/h5,7,13,16,19H,3-4,6,8-12,14H2,1-2H3,(H,23,25). The molecule has 1 saturated heterocycles. The van der Waals surface area contributed by atoms with E-state index in [-0.39, 0.29) is 12.3 Å². The average Bonchev–Trinajstić information content (AvgIpc) is 2.66. The first-order valence-electron chi connectivity index (χ1n) is 9.57. The monoisotopic (exact) mass is 368 g/mol. The van der Waals surface area contributed by atoms with Gasteiger partial charge in [0.1, 0.15) is 0 Å². The van der Waals surface area contributed by atoms with Crippen molar-refractivity contribution in [3.05, 3.63) is 35.4 Å². The van der Waals surface area contributed by atoms with Crippen molar-refractivity contribution in [3.63, 3.8) is 0 Å². The smallest absolute Gasteiger partial charge is 0.220 e. The Morgan fingerprint density at radius 3 is 2.50 bits per heavy atom. The molecule has 0 aromatic heterocycles. The summed E-state index contributed by atoms with van der Waals surface area (Å²) in [6.07, 6.45) is 2.81. The van der Waals surface area contributed by atoms with Crippen LogP contribution in [-0.2, 0) is 16.0 Å². The van der Waals surface area contributed by atoms with E-state index in [1.807, 2.05) is 0 Å². The minimum atomic E-state index is -0.871. The molecular weight excluding hydrogens is 338 g/mol. The molecule has 0 bridgehead atoms. The highest BCUT2D eigenvalue weighted by Crippen LogP contribution is 2.19. The van der Waals surface area contributed by atoms with Gasteiger partial charge in [0.25, 0.3) is 0 Å². The van der Waals surface area contributed by atoms with Crippen LogP contribution in [0, 0.1) is 17.6 Å². The Balaban J connectivity index is 1.85. The Kier molecular flexibility index (Phi) is 8.45. The number of rotatable bonds is 9. The lowest BCUT2D eigenvalue weighted by molar-refractivity contribution is -0.121. The number of carbonyl (C=O) groups is 1. The Hall–Kier alpha value is -1.53. The van der Waals surface area contributed by atoms with Crippen molar-refractivity contribution in [3.8, 4) is 0 Å². The number of hydrogen-bond acceptors (Lipinski definition) is 3. The van der Waals surface area contributed by atoms with E-state index in [9.17, 15) is 13.6 Å². The van der Waals surface area contributed by atoms with Crippen LogP contribution < -0.4 is 5.32 Å². The average molecular weight is 368 g/mol. The van der Waals surface area contributed by atoms with Crippen LogP contribution in [0.5, 0.6) is 0 Å². The fraction of sp³-hybridized carbons (Fsp3) is 0.650. The molecular formula is C20H30F2N2O2. The summed E-state index contributed by atoms with van der Waals surface area (Å²) in [7, 11) is 0. The molecule has 0 radical (unpaired) electrons. The fourth-order valence-electron chi connectivity index (χ4n) is 3.60. The van der Waals surface area contributed by atoms with Crippen LogP contribution >= 0.6 is 0 Å². The molecule has 26 heavy (non-hydrogen) atoms. The predicted molar refractivity (Wildman–Crippen MR) is 97.9 cm³/mol. The predicted octanol–water partition coefficient (Wildman–Crippen LogP) is 3.15. The largest absolute Gasteiger partial charge is 0.379 e. The summed E-state index contributed by atoms with van der Waals surface area (Å²) in [5.41, 5.74) is 0.628. The van der Waals surface area contributed by atoms with Crippen molar-refractivity contribution in [1.29, 1.82) is 0 Å². The molecule has 0 spiro atoms. The number of ether oxygens (including phenoxy) is 1. The van der Waals surface area contributed by atoms with Crippen LogP contribution in [0.4, 0.5) is 8.78 Å². The number of aryl methyl sites for hydroxylation is 1. The first-order chi connectivity index (χ1) is 12.5. The Morgan fingerprint density at radius 2 is 1.88 bits per heavy atom. The number of carbonyl (C=O) groups excluding carboxylic acids is 1. The minimum absolute atomic E-state index is 0.0565. The van der Waals surface area contributed by atoms with Gasteiger partial charge in [-0.1, -0.05) is 32.8 Å². The van der Waals surface area contributed by atoms with Crippen molar-refractivity contribution < 1.29 is 18.3 Å². The van der Waals surface area contributed by atoms with Gasteiger partial charge in [0, 0.05) is 32.1 Å². The number of morpholine rings is 1. The topological polar surface area (TPSA) is 41.6 Å². The molecule has 6 heteroatoms. The van der Waals surface area contributed by atoms with Gasteiger partial charge in [-0.05, 0) is 30.0 Å². The molecule has 1 aromatic carbocycles. The first kappa shape index (κ1) is 20.8. The van der Waals surface area contributed by atoms with E-state index in [2.05, 4.69) is 24.1 Å². The molecule has 1 heterocycles. The molecule has 0 saturated carbocycles. The third-order valence-electron chi connectivity index (χ3n) is 5.24. The number of halogens is 2. The van der Waals surface area contributed by atoms with E-state index < -0.39 is 11.6 Å². The van der Waals surface area contributed by atoms with Crippen molar-refractivity contribution in [2.75, 3.05) is 32.8 Å². The van der Waals surface area contributed by atoms with Crippen molar-refractivity contribution in [1.82, 2.24) is 10.2 Å². The van der Waals surface area contributed by atoms with Gasteiger partial charge >= 0.3 is 0 Å². The van der Waals surface area contributed by atoms with E-state index in [1.165, 1.54) is 6.07 Å². The minimum Gasteiger partial charge on any atom is -0.379 e. The molecule has 146 valence electrons. The van der Waals surface area contributed by atoms with E-state index >= 15 is 0 Å². The van der Waals surface area contributed by atoms with Gasteiger partial charge in [-0.25, -0.2) is 8.78 Å². The first-order valence-corrected chi connectivity index (χ1v) is 9.57. The molecule has 4 nitrogen and oxygen atoms in total. The quantitative estimate of drug-likeness (QED) is 0.728. The van der Waals surface area contributed by atoms with Gasteiger partial charge in [-0.15, -0.1) is 0 Å². The third kappa shape index (κ3) is 6.02. The number of amides is 1. The van der Waals surface area contributed by atoms with Crippen LogP contribution in [0.25, 0.3) is 0 Å². The highest BCUT2D eigenvalue weighted by molar-refractivity contribution is 5.76. The van der Waals surface area contributed by atoms with Crippen molar-refractivity contribution in [2.45, 2.75) is 45.6 Å². The summed E-state index contributed by atoms with van der Waals surface area (Å²) in [6, 6.07) is 4.08. The second-order valence-corrected chi connectivity index (χ2v) is 6.84. The molecule has 1 N–H and O–H groups in total. The number of benzene rings is 1. The lowest BCUT2D eigenvalue weighted by Crippen LogP contribution is -2.52. The molecule has 2 rings (SSSR count). The molecule has 1 fully saturated rings. The molecule has 1 aromatic rings. The molecule has 1 aliphatic rings. The molecule has 1 atom stereocenters. The van der Waals surface area contributed by atoms with Crippen LogP contribution in [-0.4, -0.2) is 49.7 Å². The van der Waals surface area contributed by atoms with Crippen molar-refractivity contribution in [2.24, 2.45) is 5.92 Å². The number of nitrogens with one attached hydrogen (secondary N) is 1. The van der Waals surface area contributed by atoms with Crippen molar-refractivity contribution >= 4 is 5.91 Å². The summed E-state index contributed by atoms with van der Waals surface area (Å²) in [6.45, 7) is 8.25. The third-order valence-corrected chi connectivity index (χ3v) is 5.24. The molecule has 1 aliphatic heterocycles. The lowest BCUT2D eigenvalue weighted by atomic mass is 9.92. The Bertz CT molecular complexity index is 573. The van der Waals surface area contributed by atoms with Gasteiger partial charge < -0.3 is 10.1 Å². The number of nitrogens with zero attached hydrogens (tertiary/aromatic N) is 1. The SMILES string of the molecule is CCC(CC)C(CNC(=O)CCc1ccc(F)c(F)c1)N1CCOCC1. The van der Waals surface area contributed by atoms with Crippen LogP contribution in [0.1, 0.15) is 38.7 Å². The van der Waals surface area contributed by atoms with Crippen LogP contribution in [0.15, 0.2) is 18.2 Å². The van der Waals surface area contributed by atoms with Crippen LogP contribution in [0.3, 0.4) is 0 Å². The summed E-state index contributed by atoms with van der Waals surface area (Å²) in [5, 5.41) is 3.04. The van der Waals surface area contributed by atoms with Crippen LogP contribution in [0.2, 0.25) is 0 Å². The maximum atomic E-state index is 13.2. The molecule has 1 amide bonds. The van der Waals surface area contributed by atoms with Gasteiger partial charge in [-0.2, -0.15) is 0 Å². The summed E-state index contributed by atoms with van der Waals surface area (Å²) in [5.74, 6) is -1.26. The van der Waals surface area contributed by atoms with Gasteiger partial charge in [0.15, 0.2) is 11.6 Å². The summed E-state index contributed by atoms with van der Waals surface area (Å²) in [4.78, 5) is 14.6. The molecule has 0 aliphatic carbocycles. The summed E-state index contributed by atoms with van der Waals surface area (Å²) >= 11 is 0. The zero-order valence-corrected chi connectivity index (χ0v) is 15.8. The summed E-state index contributed by atoms with van der Waals surface area (Å²) < 4.78 is 31.6. The van der Waals surface area contributed by atoms with Gasteiger partial charge in [0.2, 0.25) is 5.91 Å². The van der Waals surface area contributed by atoms with E-state index in [0.717, 1.165) is 51.3 Å². The maximum Gasteiger partial charge on any atom is 0.220 e. The second-order valence-electron chi connectivity index (χ2n) is 6.84. The fourth-order valence-corrected chi connectivity index (χ4v) is 3.60. The van der Waals surface area contributed by atoms with Gasteiger partial charge in [-0.3, -0.25) is 9.69 Å². The van der Waals surface area contributed by atoms with E-state index in [0.29, 0.717) is 30.5 Å². The Labute approximate surface area is 154 Å². The lowest BCUT2D eigenvalue weighted by Gasteiger charge is -2.38. The number of hydrogen-bond donors (Lipinski definition) is 1. The zero-order valence-electron chi connectivity index (χ0n) is 15.8. The normalized spacial score (nSPS) is 16.7.